The summed E-state index contributed by atoms with van der Waals surface area (Å²) < 4.78 is 5.32. The fraction of sp³-hybridized carbons (Fsp3) is 0.727. The third kappa shape index (κ3) is 1.69. The van der Waals surface area contributed by atoms with Crippen LogP contribution in [0.5, 0.6) is 0 Å². The van der Waals surface area contributed by atoms with Crippen LogP contribution in [0.3, 0.4) is 0 Å². The van der Waals surface area contributed by atoms with Gasteiger partial charge in [-0.15, -0.1) is 0 Å². The summed E-state index contributed by atoms with van der Waals surface area (Å²) in [6.45, 7) is 3.44. The van der Waals surface area contributed by atoms with E-state index >= 15 is 0 Å². The van der Waals surface area contributed by atoms with Crippen LogP contribution < -0.4 is 0 Å². The van der Waals surface area contributed by atoms with Crippen molar-refractivity contribution in [1.29, 1.82) is 0 Å². The van der Waals surface area contributed by atoms with E-state index in [1.165, 1.54) is 38.8 Å². The van der Waals surface area contributed by atoms with E-state index in [2.05, 4.69) is 16.1 Å². The minimum Gasteiger partial charge on any atom is -0.361 e. The molecule has 1 aliphatic carbocycles. The zero-order chi connectivity index (χ0) is 9.38. The molecule has 0 bridgehead atoms. The first-order valence-electron chi connectivity index (χ1n) is 5.60. The van der Waals surface area contributed by atoms with Gasteiger partial charge in [0.1, 0.15) is 5.76 Å². The predicted molar refractivity (Wildman–Crippen MR) is 53.0 cm³/mol. The average molecular weight is 192 g/mol. The van der Waals surface area contributed by atoms with Crippen LogP contribution >= 0.6 is 0 Å². The second-order valence-corrected chi connectivity index (χ2v) is 4.48. The number of aromatic nitrogens is 1. The van der Waals surface area contributed by atoms with Gasteiger partial charge in [-0.2, -0.15) is 0 Å². The Morgan fingerprint density at radius 3 is 2.86 bits per heavy atom. The van der Waals surface area contributed by atoms with Crippen molar-refractivity contribution in [3.8, 4) is 0 Å². The SMILES string of the molecule is c1c(CN2CCCC2)noc1C1CC1. The van der Waals surface area contributed by atoms with E-state index in [4.69, 9.17) is 4.52 Å². The second kappa shape index (κ2) is 3.39. The third-order valence-electron chi connectivity index (χ3n) is 3.14. The molecular weight excluding hydrogens is 176 g/mol. The fourth-order valence-corrected chi connectivity index (χ4v) is 2.13. The van der Waals surface area contributed by atoms with Crippen molar-refractivity contribution in [3.63, 3.8) is 0 Å². The van der Waals surface area contributed by atoms with Crippen LogP contribution in [0.25, 0.3) is 0 Å². The van der Waals surface area contributed by atoms with Crippen LogP contribution in [0.4, 0.5) is 0 Å². The topological polar surface area (TPSA) is 29.3 Å². The highest BCUT2D eigenvalue weighted by atomic mass is 16.5. The lowest BCUT2D eigenvalue weighted by molar-refractivity contribution is 0.310. The average Bonchev–Trinajstić information content (AvgIpc) is 2.75. The quantitative estimate of drug-likeness (QED) is 0.734. The number of nitrogens with zero attached hydrogens (tertiary/aromatic N) is 2. The Kier molecular flexibility index (Phi) is 2.05. The van der Waals surface area contributed by atoms with Gasteiger partial charge in [-0.25, -0.2) is 0 Å². The molecule has 1 saturated carbocycles. The Morgan fingerprint density at radius 1 is 1.36 bits per heavy atom. The molecule has 0 spiro atoms. The minimum atomic E-state index is 0.690. The first-order valence-corrected chi connectivity index (χ1v) is 5.60. The summed E-state index contributed by atoms with van der Waals surface area (Å²) >= 11 is 0. The molecule has 2 heterocycles. The molecule has 3 nitrogen and oxygen atoms in total. The van der Waals surface area contributed by atoms with Crippen LogP contribution in [0, 0.1) is 0 Å². The van der Waals surface area contributed by atoms with Gasteiger partial charge in [0.25, 0.3) is 0 Å². The summed E-state index contributed by atoms with van der Waals surface area (Å²) in [6, 6.07) is 2.15. The lowest BCUT2D eigenvalue weighted by atomic mass is 10.3. The van der Waals surface area contributed by atoms with Gasteiger partial charge in [0.2, 0.25) is 0 Å². The Bertz CT molecular complexity index is 311. The third-order valence-corrected chi connectivity index (χ3v) is 3.14. The van der Waals surface area contributed by atoms with Crippen LogP contribution in [0.1, 0.15) is 43.1 Å². The second-order valence-electron chi connectivity index (χ2n) is 4.48. The largest absolute Gasteiger partial charge is 0.361 e. The maximum Gasteiger partial charge on any atom is 0.140 e. The van der Waals surface area contributed by atoms with E-state index < -0.39 is 0 Å². The summed E-state index contributed by atoms with van der Waals surface area (Å²) in [6.07, 6.45) is 5.26. The Hall–Kier alpha value is -0.830. The van der Waals surface area contributed by atoms with E-state index in [-0.39, 0.29) is 0 Å². The molecule has 76 valence electrons. The molecule has 3 rings (SSSR count). The maximum atomic E-state index is 5.32. The molecule has 0 unspecified atom stereocenters. The molecule has 0 atom stereocenters. The normalized spacial score (nSPS) is 23.1. The fourth-order valence-electron chi connectivity index (χ4n) is 2.13. The van der Waals surface area contributed by atoms with E-state index in [0.717, 1.165) is 18.0 Å². The van der Waals surface area contributed by atoms with E-state index in [1.54, 1.807) is 0 Å². The van der Waals surface area contributed by atoms with Crippen molar-refractivity contribution in [3.05, 3.63) is 17.5 Å². The highest BCUT2D eigenvalue weighted by Crippen LogP contribution is 2.40. The molecule has 1 aromatic rings. The lowest BCUT2D eigenvalue weighted by Gasteiger charge is -2.10. The number of rotatable bonds is 3. The smallest absolute Gasteiger partial charge is 0.140 e. The standard InChI is InChI=1S/C11H16N2O/c1-2-6-13(5-1)8-10-7-11(14-12-10)9-3-4-9/h7,9H,1-6,8H2. The molecule has 1 aromatic heterocycles. The molecule has 2 fully saturated rings. The lowest BCUT2D eigenvalue weighted by Crippen LogP contribution is -2.18. The van der Waals surface area contributed by atoms with E-state index in [0.29, 0.717) is 5.92 Å². The van der Waals surface area contributed by atoms with Crippen molar-refractivity contribution in [1.82, 2.24) is 10.1 Å². The Balaban J connectivity index is 1.64. The van der Waals surface area contributed by atoms with Gasteiger partial charge in [0.15, 0.2) is 0 Å². The Labute approximate surface area is 84.1 Å². The molecule has 0 amide bonds. The van der Waals surface area contributed by atoms with Crippen LogP contribution in [-0.4, -0.2) is 23.1 Å². The van der Waals surface area contributed by atoms with Gasteiger partial charge < -0.3 is 4.52 Å². The molecule has 0 aromatic carbocycles. The first kappa shape index (κ1) is 8.48. The zero-order valence-corrected chi connectivity index (χ0v) is 8.41. The molecule has 3 heteroatoms. The summed E-state index contributed by atoms with van der Waals surface area (Å²) in [5.74, 6) is 1.80. The van der Waals surface area contributed by atoms with Gasteiger partial charge in [0.05, 0.1) is 5.69 Å². The van der Waals surface area contributed by atoms with E-state index in [9.17, 15) is 0 Å². The number of hydrogen-bond acceptors (Lipinski definition) is 3. The minimum absolute atomic E-state index is 0.690. The summed E-state index contributed by atoms with van der Waals surface area (Å²) in [5.41, 5.74) is 1.12. The first-order chi connectivity index (χ1) is 6.92. The number of hydrogen-bond donors (Lipinski definition) is 0. The van der Waals surface area contributed by atoms with Crippen molar-refractivity contribution >= 4 is 0 Å². The van der Waals surface area contributed by atoms with Gasteiger partial charge in [-0.3, -0.25) is 4.90 Å². The highest BCUT2D eigenvalue weighted by Gasteiger charge is 2.28. The Morgan fingerprint density at radius 2 is 2.14 bits per heavy atom. The molecule has 0 N–H and O–H groups in total. The van der Waals surface area contributed by atoms with Gasteiger partial charge in [-0.05, 0) is 38.8 Å². The predicted octanol–water partition coefficient (Wildman–Crippen LogP) is 2.15. The zero-order valence-electron chi connectivity index (χ0n) is 8.41. The molecule has 0 radical (unpaired) electrons. The summed E-state index contributed by atoms with van der Waals surface area (Å²) in [7, 11) is 0. The monoisotopic (exact) mass is 192 g/mol. The summed E-state index contributed by atoms with van der Waals surface area (Å²) in [5, 5.41) is 4.12. The van der Waals surface area contributed by atoms with Crippen molar-refractivity contribution in [2.24, 2.45) is 0 Å². The van der Waals surface area contributed by atoms with Gasteiger partial charge >= 0.3 is 0 Å². The van der Waals surface area contributed by atoms with Gasteiger partial charge in [0, 0.05) is 18.5 Å². The maximum absolute atomic E-state index is 5.32. The van der Waals surface area contributed by atoms with Gasteiger partial charge in [-0.1, -0.05) is 5.16 Å². The molecule has 14 heavy (non-hydrogen) atoms. The highest BCUT2D eigenvalue weighted by molar-refractivity contribution is 5.14. The molecule has 2 aliphatic rings. The number of likely N-dealkylation sites (tertiary alicyclic amines) is 1. The van der Waals surface area contributed by atoms with Crippen molar-refractivity contribution in [2.45, 2.75) is 38.1 Å². The van der Waals surface area contributed by atoms with Crippen molar-refractivity contribution < 1.29 is 4.52 Å². The van der Waals surface area contributed by atoms with Crippen molar-refractivity contribution in [2.75, 3.05) is 13.1 Å². The molecular formula is C11H16N2O. The summed E-state index contributed by atoms with van der Waals surface area (Å²) in [4.78, 5) is 2.45. The van der Waals surface area contributed by atoms with Crippen LogP contribution in [0.15, 0.2) is 10.6 Å². The molecule has 1 aliphatic heterocycles. The molecule has 1 saturated heterocycles. The van der Waals surface area contributed by atoms with E-state index in [1.807, 2.05) is 0 Å². The van der Waals surface area contributed by atoms with Crippen LogP contribution in [-0.2, 0) is 6.54 Å². The van der Waals surface area contributed by atoms with Crippen LogP contribution in [0.2, 0.25) is 0 Å².